The van der Waals surface area contributed by atoms with E-state index < -0.39 is 0 Å². The molecule has 1 rings (SSSR count). The van der Waals surface area contributed by atoms with Crippen LogP contribution in [0.3, 0.4) is 0 Å². The summed E-state index contributed by atoms with van der Waals surface area (Å²) in [7, 11) is 0. The Bertz CT molecular complexity index is 595. The first kappa shape index (κ1) is 13.2. The van der Waals surface area contributed by atoms with E-state index in [9.17, 15) is 0 Å². The molecule has 0 aromatic carbocycles. The van der Waals surface area contributed by atoms with Gasteiger partial charge >= 0.3 is 0 Å². The van der Waals surface area contributed by atoms with Gasteiger partial charge in [0.05, 0.1) is 18.8 Å². The number of rotatable bonds is 2. The van der Waals surface area contributed by atoms with Gasteiger partial charge in [-0.3, -0.25) is 5.87 Å². The highest BCUT2D eigenvalue weighted by Crippen LogP contribution is 2.15. The van der Waals surface area contributed by atoms with E-state index in [0.29, 0.717) is 24.4 Å². The molecule has 0 spiro atoms. The van der Waals surface area contributed by atoms with Crippen molar-refractivity contribution in [1.82, 2.24) is 0 Å². The van der Waals surface area contributed by atoms with Crippen molar-refractivity contribution in [2.24, 2.45) is 0 Å². The molecule has 0 atom stereocenters. The molecule has 86 valence electrons. The van der Waals surface area contributed by atoms with Gasteiger partial charge in [-0.25, -0.2) is 0 Å². The van der Waals surface area contributed by atoms with Crippen LogP contribution >= 0.6 is 0 Å². The largest absolute Gasteiger partial charge is 0.762 e. The minimum Gasteiger partial charge on any atom is -0.762 e. The molecule has 0 saturated carbocycles. The third kappa shape index (κ3) is 3.59. The summed E-state index contributed by atoms with van der Waals surface area (Å²) in [4.78, 5) is 0. The van der Waals surface area contributed by atoms with Crippen LogP contribution in [0.2, 0.25) is 0 Å². The van der Waals surface area contributed by atoms with Gasteiger partial charge in [-0.2, -0.15) is 15.8 Å². The zero-order chi connectivity index (χ0) is 13.4. The van der Waals surface area contributed by atoms with Crippen molar-refractivity contribution in [1.29, 1.82) is 15.8 Å². The van der Waals surface area contributed by atoms with Crippen molar-refractivity contribution >= 4 is 5.87 Å². The third-order valence-corrected chi connectivity index (χ3v) is 2.05. The molecule has 0 aliphatic carbocycles. The highest BCUT2D eigenvalue weighted by molar-refractivity contribution is 5.70. The Labute approximate surface area is 104 Å². The Hall–Kier alpha value is -2.90. The van der Waals surface area contributed by atoms with E-state index in [1.165, 1.54) is 12.2 Å². The van der Waals surface area contributed by atoms with Crippen molar-refractivity contribution in [3.63, 3.8) is 0 Å². The van der Waals surface area contributed by atoms with Crippen molar-refractivity contribution in [3.8, 4) is 18.2 Å². The molecule has 0 unspecified atom stereocenters. The van der Waals surface area contributed by atoms with E-state index in [-0.39, 0.29) is 11.1 Å². The first-order chi connectivity index (χ1) is 8.73. The van der Waals surface area contributed by atoms with Gasteiger partial charge in [0.25, 0.3) is 0 Å². The van der Waals surface area contributed by atoms with Crippen LogP contribution in [0.15, 0.2) is 40.5 Å². The Morgan fingerprint density at radius 2 is 1.94 bits per heavy atom. The number of ether oxygens (including phenoxy) is 1. The van der Waals surface area contributed by atoms with Gasteiger partial charge in [-0.1, -0.05) is 6.08 Å². The van der Waals surface area contributed by atoms with Crippen molar-refractivity contribution in [2.75, 3.05) is 13.2 Å². The summed E-state index contributed by atoms with van der Waals surface area (Å²) in [5, 5.41) is 34.5. The molecule has 0 aromatic rings. The molecule has 1 aliphatic heterocycles. The fourth-order valence-corrected chi connectivity index (χ4v) is 1.32. The fourth-order valence-electron chi connectivity index (χ4n) is 1.32. The Kier molecular flexibility index (Phi) is 4.85. The molecule has 0 saturated heterocycles. The lowest BCUT2D eigenvalue weighted by atomic mass is 10.1. The number of hydrogen-bond donors (Lipinski definition) is 0. The van der Waals surface area contributed by atoms with Gasteiger partial charge in [-0.05, 0) is 23.3 Å². The molecular formula is C13H7N4O-. The third-order valence-electron chi connectivity index (χ3n) is 2.05. The van der Waals surface area contributed by atoms with E-state index >= 15 is 0 Å². The molecule has 5 nitrogen and oxygen atoms in total. The van der Waals surface area contributed by atoms with Crippen LogP contribution in [-0.2, 0) is 4.74 Å². The predicted molar refractivity (Wildman–Crippen MR) is 63.8 cm³/mol. The first-order valence-corrected chi connectivity index (χ1v) is 4.91. The minimum atomic E-state index is -0.0177. The standard InChI is InChI=1S/C13H7N4O/c14-4-12(5-15)2-10-1-11(9-18-8-10)3-13(6-16)7-17/h1-3H,8-9H2/q-1. The minimum absolute atomic E-state index is 0.0177. The Morgan fingerprint density at radius 3 is 2.50 bits per heavy atom. The lowest BCUT2D eigenvalue weighted by Gasteiger charge is -2.13. The summed E-state index contributed by atoms with van der Waals surface area (Å²) in [6.45, 7) is 0.581. The number of hydrogen-bond acceptors (Lipinski definition) is 4. The van der Waals surface area contributed by atoms with Crippen LogP contribution in [0.1, 0.15) is 0 Å². The number of nitrogens with zero attached hydrogens (tertiary/aromatic N) is 4. The monoisotopic (exact) mass is 235 g/mol. The second kappa shape index (κ2) is 6.63. The van der Waals surface area contributed by atoms with Gasteiger partial charge in [0.1, 0.15) is 23.8 Å². The highest BCUT2D eigenvalue weighted by atomic mass is 16.5. The first-order valence-electron chi connectivity index (χ1n) is 4.91. The van der Waals surface area contributed by atoms with Crippen LogP contribution in [0, 0.1) is 34.0 Å². The Balaban J connectivity index is 3.06. The predicted octanol–water partition coefficient (Wildman–Crippen LogP) is 1.53. The molecule has 0 radical (unpaired) electrons. The summed E-state index contributed by atoms with van der Waals surface area (Å²) < 4.78 is 5.24. The van der Waals surface area contributed by atoms with Gasteiger partial charge in [-0.15, -0.1) is 0 Å². The summed E-state index contributed by atoms with van der Waals surface area (Å²) in [6, 6.07) is 5.25. The molecule has 0 bridgehead atoms. The maximum atomic E-state index is 8.63. The smallest absolute Gasteiger partial charge is 0.130 e. The van der Waals surface area contributed by atoms with Crippen LogP contribution in [0.25, 0.3) is 5.41 Å². The van der Waals surface area contributed by atoms with E-state index in [0.717, 1.165) is 0 Å². The van der Waals surface area contributed by atoms with Crippen molar-refractivity contribution in [2.45, 2.75) is 0 Å². The molecule has 1 heterocycles. The molecular weight excluding hydrogens is 228 g/mol. The quantitative estimate of drug-likeness (QED) is 0.534. The van der Waals surface area contributed by atoms with Crippen LogP contribution in [-0.4, -0.2) is 19.1 Å². The van der Waals surface area contributed by atoms with Crippen LogP contribution < -0.4 is 0 Å². The summed E-state index contributed by atoms with van der Waals surface area (Å²) in [6.07, 6.45) is 4.55. The summed E-state index contributed by atoms with van der Waals surface area (Å²) in [5.74, 6) is 1.75. The second-order valence-electron chi connectivity index (χ2n) is 3.35. The van der Waals surface area contributed by atoms with Crippen LogP contribution in [0.5, 0.6) is 0 Å². The maximum absolute atomic E-state index is 8.63. The molecule has 0 amide bonds. The molecule has 0 fully saturated rings. The van der Waals surface area contributed by atoms with Crippen molar-refractivity contribution in [3.05, 3.63) is 45.9 Å². The lowest BCUT2D eigenvalue weighted by molar-refractivity contribution is 0.177. The van der Waals surface area contributed by atoms with E-state index in [2.05, 4.69) is 0 Å². The molecule has 1 aliphatic rings. The molecule has 18 heavy (non-hydrogen) atoms. The fraction of sp³-hybridized carbons (Fsp3) is 0.154. The average molecular weight is 235 g/mol. The molecule has 0 aromatic heterocycles. The summed E-state index contributed by atoms with van der Waals surface area (Å²) in [5.41, 5.74) is 1.27. The lowest BCUT2D eigenvalue weighted by Crippen LogP contribution is -2.08. The van der Waals surface area contributed by atoms with E-state index in [4.69, 9.17) is 25.9 Å². The average Bonchev–Trinajstić information content (AvgIpc) is 2.42. The van der Waals surface area contributed by atoms with Crippen molar-refractivity contribution < 1.29 is 4.74 Å². The molecule has 0 N–H and O–H groups in total. The Morgan fingerprint density at radius 1 is 1.22 bits per heavy atom. The van der Waals surface area contributed by atoms with Gasteiger partial charge in [0, 0.05) is 0 Å². The zero-order valence-corrected chi connectivity index (χ0v) is 9.34. The number of nitriles is 3. The van der Waals surface area contributed by atoms with E-state index in [1.54, 1.807) is 30.2 Å². The highest BCUT2D eigenvalue weighted by Gasteiger charge is 2.07. The second-order valence-corrected chi connectivity index (χ2v) is 3.35. The maximum Gasteiger partial charge on any atom is 0.130 e. The normalized spacial score (nSPS) is 15.4. The van der Waals surface area contributed by atoms with Crippen LogP contribution in [0.4, 0.5) is 0 Å². The summed E-state index contributed by atoms with van der Waals surface area (Å²) >= 11 is 0. The van der Waals surface area contributed by atoms with E-state index in [1.807, 2.05) is 0 Å². The zero-order valence-electron chi connectivity index (χ0n) is 9.34. The molecule has 5 heteroatoms. The SMILES string of the molecule is N#CC(=C=[N-])C=C1C=C(C=C(C#N)C#N)COC1. The van der Waals surface area contributed by atoms with Gasteiger partial charge in [0.2, 0.25) is 0 Å². The van der Waals surface area contributed by atoms with Gasteiger partial charge in [0.15, 0.2) is 0 Å². The van der Waals surface area contributed by atoms with Gasteiger partial charge < -0.3 is 10.1 Å². The number of allylic oxidation sites excluding steroid dienone is 3. The topological polar surface area (TPSA) is 103 Å².